The van der Waals surface area contributed by atoms with Gasteiger partial charge in [-0.05, 0) is 29.3 Å². The van der Waals surface area contributed by atoms with Crippen molar-refractivity contribution in [2.45, 2.75) is 12.5 Å². The number of methoxy groups -OCH3 is 1. The van der Waals surface area contributed by atoms with Gasteiger partial charge in [0.15, 0.2) is 0 Å². The van der Waals surface area contributed by atoms with Gasteiger partial charge in [0.1, 0.15) is 6.04 Å². The third-order valence-electron chi connectivity index (χ3n) is 4.13. The van der Waals surface area contributed by atoms with Crippen LogP contribution in [-0.4, -0.2) is 35.2 Å². The van der Waals surface area contributed by atoms with Crippen molar-refractivity contribution in [3.05, 3.63) is 76.0 Å². The number of benzene rings is 2. The van der Waals surface area contributed by atoms with Gasteiger partial charge < -0.3 is 9.72 Å². The Bertz CT molecular complexity index is 979. The van der Waals surface area contributed by atoms with E-state index in [1.54, 1.807) is 12.1 Å². The molecule has 1 heterocycles. The van der Waals surface area contributed by atoms with Crippen molar-refractivity contribution in [3.63, 3.8) is 0 Å². The standard InChI is InChI=1S/C19H18N4O4/c1-27-19(24)18(10-14-12-20-17-5-3-2-4-16(14)17)22-21-11-13-6-8-15(9-7-13)23(25)26/h2-9,11-12,18,20,22H,10H2,1H3/b21-11+/t18-/m0/s1. The maximum Gasteiger partial charge on any atom is 0.330 e. The number of carbonyl (C=O) groups is 1. The lowest BCUT2D eigenvalue weighted by atomic mass is 10.1. The lowest BCUT2D eigenvalue weighted by Crippen LogP contribution is -2.36. The number of hydrazone groups is 1. The minimum atomic E-state index is -0.663. The molecule has 1 atom stereocenters. The van der Waals surface area contributed by atoms with Crippen molar-refractivity contribution in [2.75, 3.05) is 7.11 Å². The van der Waals surface area contributed by atoms with Gasteiger partial charge in [0.05, 0.1) is 18.2 Å². The van der Waals surface area contributed by atoms with Crippen LogP contribution in [0.1, 0.15) is 11.1 Å². The molecule has 0 amide bonds. The van der Waals surface area contributed by atoms with Crippen LogP contribution >= 0.6 is 0 Å². The first kappa shape index (κ1) is 18.1. The summed E-state index contributed by atoms with van der Waals surface area (Å²) in [6, 6.07) is 13.1. The smallest absolute Gasteiger partial charge is 0.330 e. The number of ether oxygens (including phenoxy) is 1. The molecule has 2 N–H and O–H groups in total. The minimum absolute atomic E-state index is 0.00637. The number of aromatic nitrogens is 1. The van der Waals surface area contributed by atoms with Crippen molar-refractivity contribution < 1.29 is 14.5 Å². The summed E-state index contributed by atoms with van der Waals surface area (Å²) < 4.78 is 4.86. The van der Waals surface area contributed by atoms with Crippen LogP contribution in [0, 0.1) is 10.1 Å². The molecule has 0 spiro atoms. The average Bonchev–Trinajstić information content (AvgIpc) is 3.10. The third kappa shape index (κ3) is 4.30. The van der Waals surface area contributed by atoms with Gasteiger partial charge in [0.2, 0.25) is 0 Å². The SMILES string of the molecule is COC(=O)[C@H](Cc1c[nH]c2ccccc12)N/N=C/c1ccc([N+](=O)[O-])cc1. The Labute approximate surface area is 155 Å². The quantitative estimate of drug-likeness (QED) is 0.289. The molecule has 2 aromatic carbocycles. The molecule has 0 radical (unpaired) electrons. The summed E-state index contributed by atoms with van der Waals surface area (Å²) in [5, 5.41) is 15.8. The molecule has 27 heavy (non-hydrogen) atoms. The van der Waals surface area contributed by atoms with E-state index in [9.17, 15) is 14.9 Å². The van der Waals surface area contributed by atoms with Gasteiger partial charge in [-0.2, -0.15) is 5.10 Å². The van der Waals surface area contributed by atoms with Crippen molar-refractivity contribution in [1.29, 1.82) is 0 Å². The molecular weight excluding hydrogens is 348 g/mol. The van der Waals surface area contributed by atoms with E-state index >= 15 is 0 Å². The van der Waals surface area contributed by atoms with Crippen LogP contribution in [0.25, 0.3) is 10.9 Å². The number of nitrogens with one attached hydrogen (secondary N) is 2. The summed E-state index contributed by atoms with van der Waals surface area (Å²) in [5.41, 5.74) is 5.45. The number of fused-ring (bicyclic) bond motifs is 1. The summed E-state index contributed by atoms with van der Waals surface area (Å²) >= 11 is 0. The van der Waals surface area contributed by atoms with Gasteiger partial charge >= 0.3 is 5.97 Å². The number of nitro benzene ring substituents is 1. The number of nitro groups is 1. The molecule has 3 aromatic rings. The fraction of sp³-hybridized carbons (Fsp3) is 0.158. The molecule has 1 aromatic heterocycles. The Hall–Kier alpha value is -3.68. The first-order chi connectivity index (χ1) is 13.1. The number of H-pyrrole nitrogens is 1. The lowest BCUT2D eigenvalue weighted by Gasteiger charge is -2.13. The molecule has 0 saturated carbocycles. The van der Waals surface area contributed by atoms with Crippen LogP contribution in [0.2, 0.25) is 0 Å². The van der Waals surface area contributed by atoms with Crippen LogP contribution in [0.15, 0.2) is 59.8 Å². The molecule has 0 bridgehead atoms. The monoisotopic (exact) mass is 366 g/mol. The number of carbonyl (C=O) groups excluding carboxylic acids is 1. The second-order valence-electron chi connectivity index (χ2n) is 5.88. The van der Waals surface area contributed by atoms with E-state index in [0.717, 1.165) is 16.5 Å². The first-order valence-corrected chi connectivity index (χ1v) is 8.24. The second-order valence-corrected chi connectivity index (χ2v) is 5.88. The molecule has 0 aliphatic carbocycles. The molecular formula is C19H18N4O4. The summed E-state index contributed by atoms with van der Waals surface area (Å²) in [7, 11) is 1.33. The maximum atomic E-state index is 12.1. The zero-order chi connectivity index (χ0) is 19.2. The number of rotatable bonds is 7. The second kappa shape index (κ2) is 8.13. The highest BCUT2D eigenvalue weighted by atomic mass is 16.6. The van der Waals surface area contributed by atoms with Crippen molar-refractivity contribution in [3.8, 4) is 0 Å². The predicted molar refractivity (Wildman–Crippen MR) is 102 cm³/mol. The van der Waals surface area contributed by atoms with E-state index in [-0.39, 0.29) is 5.69 Å². The number of nitrogens with zero attached hydrogens (tertiary/aromatic N) is 2. The molecule has 0 fully saturated rings. The van der Waals surface area contributed by atoms with Crippen LogP contribution in [0.5, 0.6) is 0 Å². The molecule has 8 heteroatoms. The first-order valence-electron chi connectivity index (χ1n) is 8.24. The lowest BCUT2D eigenvalue weighted by molar-refractivity contribution is -0.384. The van der Waals surface area contributed by atoms with Gasteiger partial charge in [-0.25, -0.2) is 4.79 Å². The average molecular weight is 366 g/mol. The number of aromatic amines is 1. The van der Waals surface area contributed by atoms with E-state index < -0.39 is 16.9 Å². The highest BCUT2D eigenvalue weighted by Crippen LogP contribution is 2.19. The molecule has 3 rings (SSSR count). The van der Waals surface area contributed by atoms with Crippen LogP contribution in [-0.2, 0) is 16.0 Å². The number of hydrogen-bond donors (Lipinski definition) is 2. The maximum absolute atomic E-state index is 12.1. The third-order valence-corrected chi connectivity index (χ3v) is 4.13. The number of para-hydroxylation sites is 1. The normalized spacial score (nSPS) is 12.2. The highest BCUT2D eigenvalue weighted by Gasteiger charge is 2.20. The summed E-state index contributed by atoms with van der Waals surface area (Å²) in [4.78, 5) is 25.5. The van der Waals surface area contributed by atoms with E-state index in [0.29, 0.717) is 12.0 Å². The van der Waals surface area contributed by atoms with Crippen molar-refractivity contribution >= 4 is 28.8 Å². The van der Waals surface area contributed by atoms with E-state index in [1.807, 2.05) is 30.5 Å². The minimum Gasteiger partial charge on any atom is -0.467 e. The largest absolute Gasteiger partial charge is 0.467 e. The van der Waals surface area contributed by atoms with Crippen molar-refractivity contribution in [2.24, 2.45) is 5.10 Å². The van der Waals surface area contributed by atoms with E-state index in [2.05, 4.69) is 15.5 Å². The zero-order valence-corrected chi connectivity index (χ0v) is 14.6. The number of hydrogen-bond acceptors (Lipinski definition) is 6. The van der Waals surface area contributed by atoms with E-state index in [1.165, 1.54) is 25.5 Å². The van der Waals surface area contributed by atoms with E-state index in [4.69, 9.17) is 4.74 Å². The topological polar surface area (TPSA) is 110 Å². The molecule has 0 unspecified atom stereocenters. The Morgan fingerprint density at radius 3 is 2.74 bits per heavy atom. The number of esters is 1. The molecule has 0 saturated heterocycles. The Kier molecular flexibility index (Phi) is 5.46. The van der Waals surface area contributed by atoms with Gasteiger partial charge in [0.25, 0.3) is 5.69 Å². The zero-order valence-electron chi connectivity index (χ0n) is 14.6. The van der Waals surface area contributed by atoms with Gasteiger partial charge in [-0.1, -0.05) is 18.2 Å². The summed E-state index contributed by atoms with van der Waals surface area (Å²) in [6.45, 7) is 0. The van der Waals surface area contributed by atoms with Gasteiger partial charge in [-0.3, -0.25) is 15.5 Å². The predicted octanol–water partition coefficient (Wildman–Crippen LogP) is 2.78. The summed E-state index contributed by atoms with van der Waals surface area (Å²) in [5.74, 6) is -0.430. The highest BCUT2D eigenvalue weighted by molar-refractivity contribution is 5.85. The summed E-state index contributed by atoms with van der Waals surface area (Å²) in [6.07, 6.45) is 3.76. The fourth-order valence-corrected chi connectivity index (χ4v) is 2.73. The fourth-order valence-electron chi connectivity index (χ4n) is 2.73. The van der Waals surface area contributed by atoms with Gasteiger partial charge in [-0.15, -0.1) is 0 Å². The van der Waals surface area contributed by atoms with Gasteiger partial charge in [0, 0.05) is 35.7 Å². The molecule has 138 valence electrons. The Morgan fingerprint density at radius 2 is 2.04 bits per heavy atom. The molecule has 0 aliphatic rings. The molecule has 8 nitrogen and oxygen atoms in total. The molecule has 0 aliphatic heterocycles. The Morgan fingerprint density at radius 1 is 1.30 bits per heavy atom. The van der Waals surface area contributed by atoms with Crippen LogP contribution < -0.4 is 5.43 Å². The Balaban J connectivity index is 1.71. The van der Waals surface area contributed by atoms with Crippen LogP contribution in [0.4, 0.5) is 5.69 Å². The van der Waals surface area contributed by atoms with Crippen molar-refractivity contribution in [1.82, 2.24) is 10.4 Å². The number of non-ortho nitro benzene ring substituents is 1. The van der Waals surface area contributed by atoms with Crippen LogP contribution in [0.3, 0.4) is 0 Å².